The Hall–Kier alpha value is -2.01. The maximum Gasteiger partial charge on any atom is 0.258 e. The second-order valence-electron chi connectivity index (χ2n) is 5.71. The summed E-state index contributed by atoms with van der Waals surface area (Å²) in [5.74, 6) is 0.0597. The third-order valence-electron chi connectivity index (χ3n) is 3.70. The van der Waals surface area contributed by atoms with Crippen LogP contribution in [-0.4, -0.2) is 17.5 Å². The molecule has 0 aliphatic carbocycles. The van der Waals surface area contributed by atoms with Gasteiger partial charge in [-0.25, -0.2) is 4.98 Å². The second kappa shape index (κ2) is 8.12. The van der Waals surface area contributed by atoms with Crippen LogP contribution in [0.2, 0.25) is 15.1 Å². The molecule has 0 saturated carbocycles. The molecule has 0 saturated heterocycles. The van der Waals surface area contributed by atoms with E-state index in [1.54, 1.807) is 18.2 Å². The SMILES string of the molecule is Cc1ccc2c(Cl)cc(Cl)c(OCC(=O)NCc3cccc(Cl)c3)c2n1. The highest BCUT2D eigenvalue weighted by atomic mass is 35.5. The van der Waals surface area contributed by atoms with Crippen molar-refractivity contribution in [3.8, 4) is 5.75 Å². The fourth-order valence-corrected chi connectivity index (χ4v) is 3.25. The third kappa shape index (κ3) is 4.39. The number of halogens is 3. The Bertz CT molecular complexity index is 976. The van der Waals surface area contributed by atoms with Crippen LogP contribution >= 0.6 is 34.8 Å². The summed E-state index contributed by atoms with van der Waals surface area (Å²) in [5.41, 5.74) is 2.23. The molecule has 3 aromatic rings. The molecule has 1 N–H and O–H groups in total. The molecular weight excluding hydrogens is 395 g/mol. The standard InChI is InChI=1S/C19H15Cl3N2O2/c1-11-5-6-14-15(21)8-16(22)19(18(14)24-11)26-10-17(25)23-9-12-3-2-4-13(20)7-12/h2-8H,9-10H2,1H3,(H,23,25). The van der Waals surface area contributed by atoms with Gasteiger partial charge in [-0.15, -0.1) is 0 Å². The minimum atomic E-state index is -0.281. The largest absolute Gasteiger partial charge is 0.480 e. The van der Waals surface area contributed by atoms with Crippen molar-refractivity contribution in [1.82, 2.24) is 10.3 Å². The lowest BCUT2D eigenvalue weighted by Gasteiger charge is -2.12. The van der Waals surface area contributed by atoms with Gasteiger partial charge in [0.15, 0.2) is 12.4 Å². The van der Waals surface area contributed by atoms with E-state index in [1.807, 2.05) is 31.2 Å². The molecule has 0 bridgehead atoms. The Morgan fingerprint density at radius 2 is 1.92 bits per heavy atom. The summed E-state index contributed by atoms with van der Waals surface area (Å²) in [7, 11) is 0. The summed E-state index contributed by atoms with van der Waals surface area (Å²) in [6.07, 6.45) is 0. The number of pyridine rings is 1. The number of aromatic nitrogens is 1. The molecule has 0 aliphatic heterocycles. The van der Waals surface area contributed by atoms with Crippen molar-refractivity contribution in [2.45, 2.75) is 13.5 Å². The average molecular weight is 410 g/mol. The number of ether oxygens (including phenoxy) is 1. The number of carbonyl (C=O) groups is 1. The number of amides is 1. The Labute approximate surface area is 166 Å². The fourth-order valence-electron chi connectivity index (χ4n) is 2.46. The number of aryl methyl sites for hydroxylation is 1. The molecular formula is C19H15Cl3N2O2. The van der Waals surface area contributed by atoms with Crippen LogP contribution in [0.4, 0.5) is 0 Å². The van der Waals surface area contributed by atoms with Crippen molar-refractivity contribution in [1.29, 1.82) is 0 Å². The highest BCUT2D eigenvalue weighted by molar-refractivity contribution is 6.39. The van der Waals surface area contributed by atoms with Crippen molar-refractivity contribution in [2.24, 2.45) is 0 Å². The van der Waals surface area contributed by atoms with Gasteiger partial charge >= 0.3 is 0 Å². The van der Waals surface area contributed by atoms with Crippen LogP contribution in [0, 0.1) is 6.92 Å². The van der Waals surface area contributed by atoms with Crippen LogP contribution in [0.25, 0.3) is 10.9 Å². The van der Waals surface area contributed by atoms with E-state index in [9.17, 15) is 4.79 Å². The first-order chi connectivity index (χ1) is 12.4. The van der Waals surface area contributed by atoms with Gasteiger partial charge in [0.05, 0.1) is 10.0 Å². The van der Waals surface area contributed by atoms with Crippen LogP contribution in [0.3, 0.4) is 0 Å². The first-order valence-corrected chi connectivity index (χ1v) is 8.97. The molecule has 0 unspecified atom stereocenters. The predicted molar refractivity (Wildman–Crippen MR) is 105 cm³/mol. The molecule has 3 rings (SSSR count). The van der Waals surface area contributed by atoms with Crippen molar-refractivity contribution >= 4 is 51.6 Å². The summed E-state index contributed by atoms with van der Waals surface area (Å²) >= 11 is 18.4. The number of rotatable bonds is 5. The van der Waals surface area contributed by atoms with E-state index in [4.69, 9.17) is 39.5 Å². The van der Waals surface area contributed by atoms with Crippen LogP contribution in [0.15, 0.2) is 42.5 Å². The molecule has 0 radical (unpaired) electrons. The molecule has 7 heteroatoms. The minimum Gasteiger partial charge on any atom is -0.480 e. The van der Waals surface area contributed by atoms with Gasteiger partial charge in [0.1, 0.15) is 5.52 Å². The maximum atomic E-state index is 12.1. The number of fused-ring (bicyclic) bond motifs is 1. The van der Waals surface area contributed by atoms with Gasteiger partial charge in [0.2, 0.25) is 0 Å². The lowest BCUT2D eigenvalue weighted by molar-refractivity contribution is -0.123. The second-order valence-corrected chi connectivity index (χ2v) is 6.96. The van der Waals surface area contributed by atoms with E-state index < -0.39 is 0 Å². The first kappa shape index (κ1) is 18.8. The van der Waals surface area contributed by atoms with Gasteiger partial charge in [-0.2, -0.15) is 0 Å². The van der Waals surface area contributed by atoms with E-state index in [0.29, 0.717) is 32.9 Å². The lowest BCUT2D eigenvalue weighted by atomic mass is 10.2. The van der Waals surface area contributed by atoms with Gasteiger partial charge in [-0.3, -0.25) is 4.79 Å². The zero-order valence-electron chi connectivity index (χ0n) is 13.9. The minimum absolute atomic E-state index is 0.188. The van der Waals surface area contributed by atoms with Gasteiger partial charge in [0.25, 0.3) is 5.91 Å². The van der Waals surface area contributed by atoms with Crippen LogP contribution < -0.4 is 10.1 Å². The summed E-state index contributed by atoms with van der Waals surface area (Å²) in [6.45, 7) is 2.03. The monoisotopic (exact) mass is 408 g/mol. The van der Waals surface area contributed by atoms with Gasteiger partial charge < -0.3 is 10.1 Å². The smallest absolute Gasteiger partial charge is 0.258 e. The highest BCUT2D eigenvalue weighted by Gasteiger charge is 2.14. The Kier molecular flexibility index (Phi) is 5.87. The van der Waals surface area contributed by atoms with Gasteiger partial charge in [0, 0.05) is 22.6 Å². The molecule has 0 aliphatic rings. The maximum absolute atomic E-state index is 12.1. The molecule has 2 aromatic carbocycles. The van der Waals surface area contributed by atoms with Crippen LogP contribution in [-0.2, 0) is 11.3 Å². The van der Waals surface area contributed by atoms with Crippen LogP contribution in [0.5, 0.6) is 5.75 Å². The Morgan fingerprint density at radius 1 is 1.12 bits per heavy atom. The van der Waals surface area contributed by atoms with Gasteiger partial charge in [-0.1, -0.05) is 46.9 Å². The Balaban J connectivity index is 1.71. The molecule has 1 heterocycles. The number of hydrogen-bond donors (Lipinski definition) is 1. The summed E-state index contributed by atoms with van der Waals surface area (Å²) < 4.78 is 5.64. The fraction of sp³-hybridized carbons (Fsp3) is 0.158. The molecule has 1 amide bonds. The molecule has 0 fully saturated rings. The van der Waals surface area contributed by atoms with Crippen molar-refractivity contribution in [3.63, 3.8) is 0 Å². The predicted octanol–water partition coefficient (Wildman–Crippen LogP) is 5.20. The topological polar surface area (TPSA) is 51.2 Å². The zero-order valence-corrected chi connectivity index (χ0v) is 16.1. The molecule has 134 valence electrons. The molecule has 0 atom stereocenters. The summed E-state index contributed by atoms with van der Waals surface area (Å²) in [4.78, 5) is 16.5. The quantitative estimate of drug-likeness (QED) is 0.630. The van der Waals surface area contributed by atoms with Crippen LogP contribution in [0.1, 0.15) is 11.3 Å². The normalized spacial score (nSPS) is 10.8. The molecule has 1 aromatic heterocycles. The Morgan fingerprint density at radius 3 is 2.69 bits per heavy atom. The summed E-state index contributed by atoms with van der Waals surface area (Å²) in [6, 6.07) is 12.6. The first-order valence-electron chi connectivity index (χ1n) is 7.83. The average Bonchev–Trinajstić information content (AvgIpc) is 2.59. The number of nitrogens with one attached hydrogen (secondary N) is 1. The van der Waals surface area contributed by atoms with E-state index in [1.165, 1.54) is 0 Å². The van der Waals surface area contributed by atoms with E-state index in [2.05, 4.69) is 10.3 Å². The molecule has 26 heavy (non-hydrogen) atoms. The van der Waals surface area contributed by atoms with Crippen molar-refractivity contribution in [3.05, 3.63) is 68.8 Å². The number of hydrogen-bond acceptors (Lipinski definition) is 3. The third-order valence-corrected chi connectivity index (χ3v) is 4.53. The van der Waals surface area contributed by atoms with E-state index in [0.717, 1.165) is 16.6 Å². The lowest BCUT2D eigenvalue weighted by Crippen LogP contribution is -2.28. The molecule has 0 spiro atoms. The zero-order chi connectivity index (χ0) is 18.7. The van der Waals surface area contributed by atoms with Gasteiger partial charge in [-0.05, 0) is 42.8 Å². The van der Waals surface area contributed by atoms with E-state index >= 15 is 0 Å². The molecule has 4 nitrogen and oxygen atoms in total. The number of benzene rings is 2. The van der Waals surface area contributed by atoms with Crippen molar-refractivity contribution < 1.29 is 9.53 Å². The summed E-state index contributed by atoms with van der Waals surface area (Å²) in [5, 5.41) is 4.90. The van der Waals surface area contributed by atoms with Crippen molar-refractivity contribution in [2.75, 3.05) is 6.61 Å². The van der Waals surface area contributed by atoms with E-state index in [-0.39, 0.29) is 12.5 Å². The number of carbonyl (C=O) groups excluding carboxylic acids is 1. The number of nitrogens with zero attached hydrogens (tertiary/aromatic N) is 1. The highest BCUT2D eigenvalue weighted by Crippen LogP contribution is 2.37.